The number of hydrogen-bond acceptors (Lipinski definition) is 3. The second kappa shape index (κ2) is 5.47. The Bertz CT molecular complexity index is 220. The summed E-state index contributed by atoms with van der Waals surface area (Å²) in [5, 5.41) is 3.24. The van der Waals surface area contributed by atoms with E-state index in [9.17, 15) is 4.79 Å². The van der Waals surface area contributed by atoms with E-state index in [0.29, 0.717) is 18.5 Å². The zero-order chi connectivity index (χ0) is 11.4. The van der Waals surface area contributed by atoms with E-state index in [1.165, 1.54) is 0 Å². The van der Waals surface area contributed by atoms with Crippen molar-refractivity contribution in [1.29, 1.82) is 0 Å². The normalized spacial score (nSPS) is 26.5. The van der Waals surface area contributed by atoms with E-state index in [2.05, 4.69) is 24.1 Å². The Morgan fingerprint density at radius 2 is 2.27 bits per heavy atom. The molecule has 0 radical (unpaired) electrons. The van der Waals surface area contributed by atoms with Crippen LogP contribution in [0.5, 0.6) is 0 Å². The van der Waals surface area contributed by atoms with Gasteiger partial charge in [-0.25, -0.2) is 0 Å². The number of likely N-dealkylation sites (N-methyl/N-ethyl adjacent to an activating group) is 2. The van der Waals surface area contributed by atoms with Crippen molar-refractivity contribution in [2.45, 2.75) is 32.4 Å². The van der Waals surface area contributed by atoms with Crippen LogP contribution in [0.25, 0.3) is 0 Å². The summed E-state index contributed by atoms with van der Waals surface area (Å²) in [4.78, 5) is 15.8. The second-order valence-corrected chi connectivity index (χ2v) is 4.56. The fraction of sp³-hybridized carbons (Fsp3) is 0.909. The molecule has 15 heavy (non-hydrogen) atoms. The zero-order valence-electron chi connectivity index (χ0n) is 10.3. The highest BCUT2D eigenvalue weighted by Gasteiger charge is 2.24. The minimum Gasteiger partial charge on any atom is -0.344 e. The number of nitrogens with one attached hydrogen (secondary N) is 1. The fourth-order valence-electron chi connectivity index (χ4n) is 1.98. The molecule has 1 aliphatic rings. The van der Waals surface area contributed by atoms with Gasteiger partial charge in [-0.15, -0.1) is 0 Å². The van der Waals surface area contributed by atoms with Crippen LogP contribution in [-0.4, -0.2) is 61.5 Å². The van der Waals surface area contributed by atoms with Gasteiger partial charge in [-0.05, 0) is 20.9 Å². The Morgan fingerprint density at radius 3 is 2.87 bits per heavy atom. The fourth-order valence-corrected chi connectivity index (χ4v) is 1.98. The lowest BCUT2D eigenvalue weighted by molar-refractivity contribution is -0.129. The predicted molar refractivity (Wildman–Crippen MR) is 61.8 cm³/mol. The van der Waals surface area contributed by atoms with Crippen LogP contribution in [0, 0.1) is 0 Å². The molecule has 1 fully saturated rings. The Labute approximate surface area is 92.6 Å². The molecule has 0 bridgehead atoms. The molecule has 1 aliphatic heterocycles. The van der Waals surface area contributed by atoms with E-state index < -0.39 is 0 Å². The Morgan fingerprint density at radius 1 is 1.60 bits per heavy atom. The highest BCUT2D eigenvalue weighted by Crippen LogP contribution is 2.09. The maximum atomic E-state index is 11.5. The molecule has 1 rings (SSSR count). The summed E-state index contributed by atoms with van der Waals surface area (Å²) in [6.45, 7) is 7.10. The molecule has 1 amide bonds. The van der Waals surface area contributed by atoms with Crippen LogP contribution in [0.1, 0.15) is 20.3 Å². The molecule has 0 aromatic heterocycles. The number of hydrogen-bond donors (Lipinski definition) is 1. The molecule has 1 N–H and O–H groups in total. The van der Waals surface area contributed by atoms with Crippen molar-refractivity contribution >= 4 is 5.91 Å². The van der Waals surface area contributed by atoms with Crippen LogP contribution in [-0.2, 0) is 4.79 Å². The van der Waals surface area contributed by atoms with Crippen molar-refractivity contribution in [2.75, 3.05) is 33.7 Å². The van der Waals surface area contributed by atoms with Gasteiger partial charge in [0.25, 0.3) is 0 Å². The number of carbonyl (C=O) groups is 1. The van der Waals surface area contributed by atoms with E-state index in [1.807, 2.05) is 19.0 Å². The maximum Gasteiger partial charge on any atom is 0.223 e. The molecule has 0 aromatic carbocycles. The van der Waals surface area contributed by atoms with E-state index in [0.717, 1.165) is 19.6 Å². The minimum absolute atomic E-state index is 0.265. The number of carbonyl (C=O) groups excluding carboxylic acids is 1. The topological polar surface area (TPSA) is 35.6 Å². The lowest BCUT2D eigenvalue weighted by Crippen LogP contribution is -2.44. The predicted octanol–water partition coefficient (Wildman–Crippen LogP) is 0.147. The monoisotopic (exact) mass is 213 g/mol. The molecule has 1 heterocycles. The number of amides is 1. The summed E-state index contributed by atoms with van der Waals surface area (Å²) in [7, 11) is 3.87. The van der Waals surface area contributed by atoms with Gasteiger partial charge in [0, 0.05) is 45.2 Å². The Kier molecular flexibility index (Phi) is 4.54. The number of rotatable bonds is 3. The molecule has 88 valence electrons. The average Bonchev–Trinajstić information content (AvgIpc) is 2.32. The lowest BCUT2D eigenvalue weighted by Gasteiger charge is -2.29. The molecule has 4 heteroatoms. The van der Waals surface area contributed by atoms with E-state index in [4.69, 9.17) is 0 Å². The number of nitrogens with zero attached hydrogens (tertiary/aromatic N) is 2. The first-order chi connectivity index (χ1) is 7.04. The molecule has 0 spiro atoms. The van der Waals surface area contributed by atoms with Gasteiger partial charge in [0.15, 0.2) is 0 Å². The molecule has 0 aromatic rings. The van der Waals surface area contributed by atoms with E-state index in [1.54, 1.807) is 0 Å². The smallest absolute Gasteiger partial charge is 0.223 e. The largest absolute Gasteiger partial charge is 0.344 e. The van der Waals surface area contributed by atoms with Crippen molar-refractivity contribution in [2.24, 2.45) is 0 Å². The van der Waals surface area contributed by atoms with Crippen LogP contribution in [0.2, 0.25) is 0 Å². The summed E-state index contributed by atoms with van der Waals surface area (Å²) >= 11 is 0. The van der Waals surface area contributed by atoms with Gasteiger partial charge in [0.1, 0.15) is 0 Å². The van der Waals surface area contributed by atoms with Crippen molar-refractivity contribution in [3.63, 3.8) is 0 Å². The molecule has 2 atom stereocenters. The summed E-state index contributed by atoms with van der Waals surface area (Å²) in [5.41, 5.74) is 0. The quantitative estimate of drug-likeness (QED) is 0.725. The maximum absolute atomic E-state index is 11.5. The van der Waals surface area contributed by atoms with Crippen LogP contribution in [0.15, 0.2) is 0 Å². The minimum atomic E-state index is 0.265. The molecule has 0 saturated carbocycles. The summed E-state index contributed by atoms with van der Waals surface area (Å²) < 4.78 is 0. The van der Waals surface area contributed by atoms with Crippen molar-refractivity contribution in [3.05, 3.63) is 0 Å². The van der Waals surface area contributed by atoms with Gasteiger partial charge in [0.05, 0.1) is 0 Å². The highest BCUT2D eigenvalue weighted by atomic mass is 16.2. The van der Waals surface area contributed by atoms with Gasteiger partial charge in [0.2, 0.25) is 5.91 Å². The van der Waals surface area contributed by atoms with Gasteiger partial charge in [-0.3, -0.25) is 9.69 Å². The van der Waals surface area contributed by atoms with Crippen LogP contribution in [0.3, 0.4) is 0 Å². The summed E-state index contributed by atoms with van der Waals surface area (Å²) in [5.74, 6) is 0.265. The summed E-state index contributed by atoms with van der Waals surface area (Å²) in [6.07, 6.45) is 0.650. The van der Waals surface area contributed by atoms with E-state index >= 15 is 0 Å². The first-order valence-electron chi connectivity index (χ1n) is 5.70. The van der Waals surface area contributed by atoms with Gasteiger partial charge >= 0.3 is 0 Å². The molecular weight excluding hydrogens is 190 g/mol. The van der Waals surface area contributed by atoms with E-state index in [-0.39, 0.29) is 5.91 Å². The third kappa shape index (κ3) is 3.47. The van der Waals surface area contributed by atoms with Gasteiger partial charge < -0.3 is 10.2 Å². The van der Waals surface area contributed by atoms with Crippen LogP contribution < -0.4 is 5.32 Å². The van der Waals surface area contributed by atoms with Crippen molar-refractivity contribution in [3.8, 4) is 0 Å². The molecule has 2 unspecified atom stereocenters. The van der Waals surface area contributed by atoms with Crippen molar-refractivity contribution in [1.82, 2.24) is 15.1 Å². The molecule has 0 aliphatic carbocycles. The Hall–Kier alpha value is -0.610. The lowest BCUT2D eigenvalue weighted by atomic mass is 10.2. The average molecular weight is 213 g/mol. The van der Waals surface area contributed by atoms with Crippen molar-refractivity contribution < 1.29 is 4.79 Å². The highest BCUT2D eigenvalue weighted by molar-refractivity contribution is 5.76. The first kappa shape index (κ1) is 12.5. The third-order valence-corrected chi connectivity index (χ3v) is 3.20. The van der Waals surface area contributed by atoms with Gasteiger partial charge in [-0.1, -0.05) is 0 Å². The van der Waals surface area contributed by atoms with Gasteiger partial charge in [-0.2, -0.15) is 0 Å². The second-order valence-electron chi connectivity index (χ2n) is 4.56. The Balaban J connectivity index is 2.54. The van der Waals surface area contributed by atoms with Crippen LogP contribution >= 0.6 is 0 Å². The SMILES string of the molecule is CNC(C)CN1CCC(=O)N(C)CC1C. The first-order valence-corrected chi connectivity index (χ1v) is 5.70. The van der Waals surface area contributed by atoms with Crippen LogP contribution in [0.4, 0.5) is 0 Å². The molecular formula is C11H23N3O. The molecule has 1 saturated heterocycles. The third-order valence-electron chi connectivity index (χ3n) is 3.20. The summed E-state index contributed by atoms with van der Waals surface area (Å²) in [6, 6.07) is 0.934. The standard InChI is InChI=1S/C11H23N3O/c1-9(12-3)7-14-6-5-11(15)13(4)8-10(14)2/h9-10,12H,5-8H2,1-4H3. The zero-order valence-corrected chi connectivity index (χ0v) is 10.3. The molecule has 4 nitrogen and oxygen atoms in total.